The van der Waals surface area contributed by atoms with Gasteiger partial charge in [-0.2, -0.15) is 0 Å². The normalized spacial score (nSPS) is 17.4. The molecule has 1 atom stereocenters. The van der Waals surface area contributed by atoms with Crippen molar-refractivity contribution in [3.8, 4) is 23.0 Å². The van der Waals surface area contributed by atoms with Crippen LogP contribution in [0.25, 0.3) is 0 Å². The van der Waals surface area contributed by atoms with Crippen molar-refractivity contribution in [3.05, 3.63) is 47.5 Å². The lowest BCUT2D eigenvalue weighted by Crippen LogP contribution is -2.20. The Balaban J connectivity index is 2.02. The highest BCUT2D eigenvalue weighted by Crippen LogP contribution is 2.40. The Hall–Kier alpha value is -2.69. The van der Waals surface area contributed by atoms with E-state index in [-0.39, 0.29) is 35.2 Å². The minimum absolute atomic E-state index is 0.00247. The van der Waals surface area contributed by atoms with Gasteiger partial charge in [0.05, 0.1) is 12.0 Å². The van der Waals surface area contributed by atoms with Crippen molar-refractivity contribution in [3.63, 3.8) is 0 Å². The minimum atomic E-state index is -0.691. The van der Waals surface area contributed by atoms with E-state index in [1.807, 2.05) is 0 Å². The molecule has 0 aromatic heterocycles. The summed E-state index contributed by atoms with van der Waals surface area (Å²) in [7, 11) is 0. The van der Waals surface area contributed by atoms with Crippen molar-refractivity contribution in [2.45, 2.75) is 12.5 Å². The van der Waals surface area contributed by atoms with E-state index < -0.39 is 6.10 Å². The average molecular weight is 272 g/mol. The summed E-state index contributed by atoms with van der Waals surface area (Å²) in [4.78, 5) is 12.1. The highest BCUT2D eigenvalue weighted by molar-refractivity contribution is 6.00. The lowest BCUT2D eigenvalue weighted by molar-refractivity contribution is 0.0846. The van der Waals surface area contributed by atoms with Gasteiger partial charge < -0.3 is 20.1 Å². The second-order valence-electron chi connectivity index (χ2n) is 4.66. The van der Waals surface area contributed by atoms with Gasteiger partial charge >= 0.3 is 0 Å². The fourth-order valence-electron chi connectivity index (χ4n) is 2.29. The number of carbonyl (C=O) groups excluding carboxylic acids is 1. The third kappa shape index (κ3) is 2.03. The maximum Gasteiger partial charge on any atom is 0.170 e. The number of hydrogen-bond acceptors (Lipinski definition) is 5. The van der Waals surface area contributed by atoms with Crippen molar-refractivity contribution < 1.29 is 24.9 Å². The molecule has 1 heterocycles. The lowest BCUT2D eigenvalue weighted by Gasteiger charge is -2.26. The molecule has 102 valence electrons. The van der Waals surface area contributed by atoms with Crippen LogP contribution in [0.2, 0.25) is 0 Å². The van der Waals surface area contributed by atoms with Crippen molar-refractivity contribution in [1.82, 2.24) is 0 Å². The zero-order valence-electron chi connectivity index (χ0n) is 10.4. The number of carbonyl (C=O) groups is 1. The van der Waals surface area contributed by atoms with Crippen LogP contribution in [0.4, 0.5) is 0 Å². The quantitative estimate of drug-likeness (QED) is 0.694. The largest absolute Gasteiger partial charge is 0.508 e. The van der Waals surface area contributed by atoms with E-state index in [1.54, 1.807) is 0 Å². The number of ketones is 1. The summed E-state index contributed by atoms with van der Waals surface area (Å²) in [5.41, 5.74) is 0.742. The molecule has 5 heteroatoms. The minimum Gasteiger partial charge on any atom is -0.508 e. The van der Waals surface area contributed by atoms with Gasteiger partial charge in [-0.05, 0) is 30.3 Å². The second-order valence-corrected chi connectivity index (χ2v) is 4.66. The molecule has 20 heavy (non-hydrogen) atoms. The Labute approximate surface area is 114 Å². The summed E-state index contributed by atoms with van der Waals surface area (Å²) in [5, 5.41) is 28.8. The van der Waals surface area contributed by atoms with Gasteiger partial charge in [-0.15, -0.1) is 0 Å². The van der Waals surface area contributed by atoms with Crippen LogP contribution >= 0.6 is 0 Å². The highest BCUT2D eigenvalue weighted by Gasteiger charge is 2.29. The van der Waals surface area contributed by atoms with Crippen LogP contribution in [0.1, 0.15) is 28.4 Å². The summed E-state index contributed by atoms with van der Waals surface area (Å²) >= 11 is 0. The van der Waals surface area contributed by atoms with Gasteiger partial charge in [0.25, 0.3) is 0 Å². The molecule has 3 N–H and O–H groups in total. The fraction of sp³-hybridized carbons (Fsp3) is 0.133. The van der Waals surface area contributed by atoms with E-state index in [1.165, 1.54) is 36.4 Å². The molecule has 0 saturated heterocycles. The maximum atomic E-state index is 12.1. The molecular formula is C15H12O5. The van der Waals surface area contributed by atoms with E-state index in [0.29, 0.717) is 11.1 Å². The molecule has 0 amide bonds. The van der Waals surface area contributed by atoms with Gasteiger partial charge in [0, 0.05) is 11.6 Å². The van der Waals surface area contributed by atoms with Gasteiger partial charge in [-0.3, -0.25) is 4.79 Å². The van der Waals surface area contributed by atoms with Crippen LogP contribution in [0, 0.1) is 0 Å². The number of benzene rings is 2. The fourth-order valence-corrected chi connectivity index (χ4v) is 2.29. The van der Waals surface area contributed by atoms with Gasteiger partial charge in [-0.25, -0.2) is 0 Å². The Morgan fingerprint density at radius 2 is 1.70 bits per heavy atom. The molecule has 0 saturated carbocycles. The first-order valence-electron chi connectivity index (χ1n) is 6.09. The second kappa shape index (κ2) is 4.45. The molecule has 3 rings (SSSR count). The molecule has 1 aliphatic heterocycles. The number of rotatable bonds is 1. The van der Waals surface area contributed by atoms with Crippen molar-refractivity contribution in [1.29, 1.82) is 0 Å². The molecular weight excluding hydrogens is 260 g/mol. The number of hydrogen-bond donors (Lipinski definition) is 3. The molecule has 0 radical (unpaired) electrons. The highest BCUT2D eigenvalue weighted by atomic mass is 16.5. The summed E-state index contributed by atoms with van der Waals surface area (Å²) < 4.78 is 5.65. The standard InChI is InChI=1S/C15H12O5/c16-8-2-4-12(18)11(5-8)15-7-13(19)10-3-1-9(17)6-14(10)20-15/h1-6,15-18H,7H2. The van der Waals surface area contributed by atoms with Gasteiger partial charge in [-0.1, -0.05) is 0 Å². The summed E-state index contributed by atoms with van der Waals surface area (Å²) in [5.74, 6) is 0.0603. The van der Waals surface area contributed by atoms with Crippen LogP contribution in [0.3, 0.4) is 0 Å². The maximum absolute atomic E-state index is 12.1. The van der Waals surface area contributed by atoms with Crippen LogP contribution in [-0.2, 0) is 0 Å². The van der Waals surface area contributed by atoms with Crippen LogP contribution in [0.15, 0.2) is 36.4 Å². The van der Waals surface area contributed by atoms with Crippen molar-refractivity contribution >= 4 is 5.78 Å². The third-order valence-corrected chi connectivity index (χ3v) is 3.26. The lowest BCUT2D eigenvalue weighted by atomic mass is 9.95. The molecule has 5 nitrogen and oxygen atoms in total. The monoisotopic (exact) mass is 272 g/mol. The number of Topliss-reactive ketones (excluding diaryl/α,β-unsaturated/α-hetero) is 1. The zero-order chi connectivity index (χ0) is 14.3. The molecule has 1 aliphatic rings. The van der Waals surface area contributed by atoms with Crippen molar-refractivity contribution in [2.24, 2.45) is 0 Å². The predicted octanol–water partition coefficient (Wildman–Crippen LogP) is 2.51. The topological polar surface area (TPSA) is 87.0 Å². The first-order valence-corrected chi connectivity index (χ1v) is 6.09. The summed E-state index contributed by atoms with van der Waals surface area (Å²) in [6.07, 6.45) is -0.627. The van der Waals surface area contributed by atoms with E-state index in [2.05, 4.69) is 0 Å². The van der Waals surface area contributed by atoms with E-state index in [9.17, 15) is 20.1 Å². The first-order chi connectivity index (χ1) is 9.54. The average Bonchev–Trinajstić information content (AvgIpc) is 2.41. The smallest absolute Gasteiger partial charge is 0.170 e. The molecule has 0 aliphatic carbocycles. The molecule has 0 fully saturated rings. The SMILES string of the molecule is O=C1CC(c2cc(O)ccc2O)Oc2cc(O)ccc21. The Kier molecular flexibility index (Phi) is 2.75. The molecule has 0 bridgehead atoms. The van der Waals surface area contributed by atoms with Crippen molar-refractivity contribution in [2.75, 3.05) is 0 Å². The Morgan fingerprint density at radius 3 is 2.50 bits per heavy atom. The Bertz CT molecular complexity index is 693. The van der Waals surface area contributed by atoms with E-state index >= 15 is 0 Å². The zero-order valence-corrected chi connectivity index (χ0v) is 10.4. The molecule has 2 aromatic carbocycles. The van der Waals surface area contributed by atoms with Crippen LogP contribution in [-0.4, -0.2) is 21.1 Å². The number of phenols is 3. The predicted molar refractivity (Wildman–Crippen MR) is 70.2 cm³/mol. The van der Waals surface area contributed by atoms with E-state index in [4.69, 9.17) is 4.74 Å². The molecule has 1 unspecified atom stereocenters. The number of fused-ring (bicyclic) bond motifs is 1. The number of ether oxygens (including phenoxy) is 1. The summed E-state index contributed by atoms with van der Waals surface area (Å²) in [6, 6.07) is 8.35. The summed E-state index contributed by atoms with van der Waals surface area (Å²) in [6.45, 7) is 0. The van der Waals surface area contributed by atoms with Gasteiger partial charge in [0.1, 0.15) is 29.1 Å². The third-order valence-electron chi connectivity index (χ3n) is 3.26. The van der Waals surface area contributed by atoms with Gasteiger partial charge in [0.15, 0.2) is 5.78 Å². The van der Waals surface area contributed by atoms with Crippen LogP contribution < -0.4 is 4.74 Å². The van der Waals surface area contributed by atoms with E-state index in [0.717, 1.165) is 0 Å². The molecule has 2 aromatic rings. The number of phenolic OH excluding ortho intramolecular Hbond substituents is 3. The first kappa shape index (κ1) is 12.3. The Morgan fingerprint density at radius 1 is 1.00 bits per heavy atom. The molecule has 0 spiro atoms. The van der Waals surface area contributed by atoms with Gasteiger partial charge in [0.2, 0.25) is 0 Å². The number of aromatic hydroxyl groups is 3. The van der Waals surface area contributed by atoms with Crippen LogP contribution in [0.5, 0.6) is 23.0 Å².